The van der Waals surface area contributed by atoms with Gasteiger partial charge in [-0.05, 0) is 41.2 Å². The predicted molar refractivity (Wildman–Crippen MR) is 101 cm³/mol. The maximum absolute atomic E-state index is 12.0. The Labute approximate surface area is 143 Å². The third kappa shape index (κ3) is 5.43. The van der Waals surface area contributed by atoms with Crippen LogP contribution in [-0.2, 0) is 16.0 Å². The van der Waals surface area contributed by atoms with E-state index in [9.17, 15) is 4.79 Å². The van der Waals surface area contributed by atoms with Crippen molar-refractivity contribution in [3.63, 3.8) is 0 Å². The fourth-order valence-corrected chi connectivity index (χ4v) is 3.18. The molecular weight excluding hydrogens is 302 g/mol. The first-order valence-corrected chi connectivity index (χ1v) is 9.04. The van der Waals surface area contributed by atoms with Gasteiger partial charge in [-0.3, -0.25) is 4.79 Å². The largest absolute Gasteiger partial charge is 0.325 e. The molecule has 2 aromatic rings. The summed E-state index contributed by atoms with van der Waals surface area (Å²) in [7, 11) is 0. The summed E-state index contributed by atoms with van der Waals surface area (Å²) in [4.78, 5) is 12.0. The molecule has 0 unspecified atom stereocenters. The number of carbonyl (C=O) groups is 1. The van der Waals surface area contributed by atoms with E-state index in [-0.39, 0.29) is 11.3 Å². The van der Waals surface area contributed by atoms with Crippen LogP contribution in [0.1, 0.15) is 37.5 Å². The molecule has 0 aliphatic heterocycles. The number of thioether (sulfide) groups is 1. The highest BCUT2D eigenvalue weighted by atomic mass is 32.2. The number of hydrogen-bond donors (Lipinski definition) is 1. The second-order valence-corrected chi connectivity index (χ2v) is 7.78. The summed E-state index contributed by atoms with van der Waals surface area (Å²) in [6, 6.07) is 16.4. The first-order chi connectivity index (χ1) is 10.9. The van der Waals surface area contributed by atoms with Gasteiger partial charge in [0.1, 0.15) is 0 Å². The van der Waals surface area contributed by atoms with Crippen LogP contribution in [0.2, 0.25) is 0 Å². The third-order valence-electron chi connectivity index (χ3n) is 3.79. The Balaban J connectivity index is 1.82. The van der Waals surface area contributed by atoms with Crippen LogP contribution in [0.15, 0.2) is 48.5 Å². The molecule has 0 aliphatic carbocycles. The molecule has 0 aliphatic rings. The summed E-state index contributed by atoms with van der Waals surface area (Å²) in [5.41, 5.74) is 4.83. The number of aryl methyl sites for hydroxylation is 1. The Bertz CT molecular complexity index is 656. The number of hydrogen-bond acceptors (Lipinski definition) is 2. The molecule has 0 atom stereocenters. The summed E-state index contributed by atoms with van der Waals surface area (Å²) in [6.45, 7) is 8.65. The standard InChI is InChI=1S/C20H25NOS/c1-15-7-5-6-8-16(15)13-23-14-19(22)21-18-11-9-17(10-12-18)20(2,3)4/h5-12H,13-14H2,1-4H3,(H,21,22). The zero-order valence-corrected chi connectivity index (χ0v) is 15.2. The lowest BCUT2D eigenvalue weighted by Gasteiger charge is -2.19. The average molecular weight is 327 g/mol. The van der Waals surface area contributed by atoms with Crippen molar-refractivity contribution in [3.8, 4) is 0 Å². The van der Waals surface area contributed by atoms with Gasteiger partial charge < -0.3 is 5.32 Å². The quantitative estimate of drug-likeness (QED) is 0.821. The van der Waals surface area contributed by atoms with Gasteiger partial charge in [0.25, 0.3) is 0 Å². The minimum atomic E-state index is 0.0482. The van der Waals surface area contributed by atoms with E-state index in [1.165, 1.54) is 16.7 Å². The third-order valence-corrected chi connectivity index (χ3v) is 4.77. The number of carbonyl (C=O) groups excluding carboxylic acids is 1. The van der Waals surface area contributed by atoms with Crippen molar-refractivity contribution in [1.29, 1.82) is 0 Å². The van der Waals surface area contributed by atoms with Crippen LogP contribution in [0.5, 0.6) is 0 Å². The van der Waals surface area contributed by atoms with Gasteiger partial charge in [-0.25, -0.2) is 0 Å². The van der Waals surface area contributed by atoms with Crippen LogP contribution in [-0.4, -0.2) is 11.7 Å². The van der Waals surface area contributed by atoms with Gasteiger partial charge in [-0.1, -0.05) is 57.2 Å². The van der Waals surface area contributed by atoms with Gasteiger partial charge in [0.2, 0.25) is 5.91 Å². The Morgan fingerprint density at radius 1 is 1.04 bits per heavy atom. The molecule has 0 heterocycles. The highest BCUT2D eigenvalue weighted by molar-refractivity contribution is 7.99. The number of benzene rings is 2. The summed E-state index contributed by atoms with van der Waals surface area (Å²) in [6.07, 6.45) is 0. The van der Waals surface area contributed by atoms with E-state index < -0.39 is 0 Å². The molecule has 0 radical (unpaired) electrons. The van der Waals surface area contributed by atoms with Crippen molar-refractivity contribution in [2.24, 2.45) is 0 Å². The van der Waals surface area contributed by atoms with E-state index in [1.807, 2.05) is 24.3 Å². The van der Waals surface area contributed by atoms with E-state index in [0.29, 0.717) is 5.75 Å². The molecule has 1 N–H and O–H groups in total. The molecule has 3 heteroatoms. The Hall–Kier alpha value is -1.74. The molecule has 1 amide bonds. The zero-order valence-electron chi connectivity index (χ0n) is 14.3. The lowest BCUT2D eigenvalue weighted by Crippen LogP contribution is -2.15. The van der Waals surface area contributed by atoms with Crippen LogP contribution in [0.4, 0.5) is 5.69 Å². The van der Waals surface area contributed by atoms with Crippen LogP contribution < -0.4 is 5.32 Å². The summed E-state index contributed by atoms with van der Waals surface area (Å²) in [5, 5.41) is 2.96. The van der Waals surface area contributed by atoms with Crippen molar-refractivity contribution in [2.75, 3.05) is 11.1 Å². The number of amides is 1. The van der Waals surface area contributed by atoms with Crippen molar-refractivity contribution >= 4 is 23.4 Å². The van der Waals surface area contributed by atoms with E-state index in [1.54, 1.807) is 11.8 Å². The van der Waals surface area contributed by atoms with E-state index >= 15 is 0 Å². The summed E-state index contributed by atoms with van der Waals surface area (Å²) in [5.74, 6) is 1.38. The minimum absolute atomic E-state index is 0.0482. The molecule has 2 rings (SSSR count). The molecule has 0 aromatic heterocycles. The van der Waals surface area contributed by atoms with Crippen molar-refractivity contribution in [2.45, 2.75) is 38.9 Å². The molecule has 23 heavy (non-hydrogen) atoms. The maximum atomic E-state index is 12.0. The first-order valence-electron chi connectivity index (χ1n) is 7.89. The smallest absolute Gasteiger partial charge is 0.234 e. The lowest BCUT2D eigenvalue weighted by atomic mass is 9.87. The SMILES string of the molecule is Cc1ccccc1CSCC(=O)Nc1ccc(C(C)(C)C)cc1. The molecular formula is C20H25NOS. The van der Waals surface area contributed by atoms with Crippen molar-refractivity contribution in [1.82, 2.24) is 0 Å². The Kier molecular flexibility index (Phi) is 5.89. The summed E-state index contributed by atoms with van der Waals surface area (Å²) < 4.78 is 0. The molecule has 2 nitrogen and oxygen atoms in total. The highest BCUT2D eigenvalue weighted by Gasteiger charge is 2.13. The Morgan fingerprint density at radius 3 is 2.30 bits per heavy atom. The van der Waals surface area contributed by atoms with Gasteiger partial charge in [-0.15, -0.1) is 11.8 Å². The van der Waals surface area contributed by atoms with Crippen molar-refractivity contribution < 1.29 is 4.79 Å². The molecule has 0 saturated carbocycles. The van der Waals surface area contributed by atoms with Crippen LogP contribution in [0.3, 0.4) is 0 Å². The minimum Gasteiger partial charge on any atom is -0.325 e. The summed E-state index contributed by atoms with van der Waals surface area (Å²) >= 11 is 1.64. The number of nitrogens with one attached hydrogen (secondary N) is 1. The van der Waals surface area contributed by atoms with Gasteiger partial charge in [0.05, 0.1) is 5.75 Å². The lowest BCUT2D eigenvalue weighted by molar-refractivity contribution is -0.113. The van der Waals surface area contributed by atoms with Gasteiger partial charge in [0.15, 0.2) is 0 Å². The van der Waals surface area contributed by atoms with Gasteiger partial charge >= 0.3 is 0 Å². The maximum Gasteiger partial charge on any atom is 0.234 e. The zero-order chi connectivity index (χ0) is 16.9. The molecule has 0 spiro atoms. The van der Waals surface area contributed by atoms with Gasteiger partial charge in [0, 0.05) is 11.4 Å². The topological polar surface area (TPSA) is 29.1 Å². The van der Waals surface area contributed by atoms with Gasteiger partial charge in [-0.2, -0.15) is 0 Å². The number of rotatable bonds is 5. The van der Waals surface area contributed by atoms with E-state index in [2.05, 4.69) is 57.3 Å². The van der Waals surface area contributed by atoms with Crippen molar-refractivity contribution in [3.05, 3.63) is 65.2 Å². The van der Waals surface area contributed by atoms with E-state index in [4.69, 9.17) is 0 Å². The molecule has 0 bridgehead atoms. The second-order valence-electron chi connectivity index (χ2n) is 6.79. The first kappa shape index (κ1) is 17.6. The van der Waals surface area contributed by atoms with Crippen LogP contribution >= 0.6 is 11.8 Å². The van der Waals surface area contributed by atoms with E-state index in [0.717, 1.165) is 11.4 Å². The molecule has 0 saturated heterocycles. The molecule has 0 fully saturated rings. The number of anilines is 1. The normalized spacial score (nSPS) is 11.3. The molecule has 122 valence electrons. The van der Waals surface area contributed by atoms with Crippen LogP contribution in [0.25, 0.3) is 0 Å². The second kappa shape index (κ2) is 7.69. The Morgan fingerprint density at radius 2 is 1.70 bits per heavy atom. The predicted octanol–water partition coefficient (Wildman–Crippen LogP) is 5.16. The monoisotopic (exact) mass is 327 g/mol. The average Bonchev–Trinajstić information content (AvgIpc) is 2.49. The fraction of sp³-hybridized carbons (Fsp3) is 0.350. The molecule has 2 aromatic carbocycles. The highest BCUT2D eigenvalue weighted by Crippen LogP contribution is 2.23. The fourth-order valence-electron chi connectivity index (χ4n) is 2.28. The van der Waals surface area contributed by atoms with Crippen LogP contribution in [0, 0.1) is 6.92 Å².